The molecule has 2 rings (SSSR count). The summed E-state index contributed by atoms with van der Waals surface area (Å²) >= 11 is 0. The fourth-order valence-electron chi connectivity index (χ4n) is 2.37. The number of aryl methyl sites for hydroxylation is 1. The molecule has 0 fully saturated rings. The summed E-state index contributed by atoms with van der Waals surface area (Å²) in [4.78, 5) is 10.8. The van der Waals surface area contributed by atoms with Gasteiger partial charge in [-0.2, -0.15) is 0 Å². The van der Waals surface area contributed by atoms with Gasteiger partial charge in [0.05, 0.1) is 6.42 Å². The molecule has 1 aliphatic carbocycles. The second-order valence-electron chi connectivity index (χ2n) is 4.88. The predicted octanol–water partition coefficient (Wildman–Crippen LogP) is 3.30. The van der Waals surface area contributed by atoms with Crippen LogP contribution >= 0.6 is 0 Å². The lowest BCUT2D eigenvalue weighted by molar-refractivity contribution is -0.137. The molecule has 3 nitrogen and oxygen atoms in total. The molecule has 0 amide bonds. The molecule has 88 valence electrons. The van der Waals surface area contributed by atoms with Gasteiger partial charge < -0.3 is 9.52 Å². The van der Waals surface area contributed by atoms with Gasteiger partial charge >= 0.3 is 5.97 Å². The first-order valence-electron chi connectivity index (χ1n) is 5.92. The predicted molar refractivity (Wildman–Crippen MR) is 60.7 cm³/mol. The van der Waals surface area contributed by atoms with Gasteiger partial charge in [0.1, 0.15) is 11.5 Å². The van der Waals surface area contributed by atoms with Crippen molar-refractivity contribution < 1.29 is 14.3 Å². The van der Waals surface area contributed by atoms with Crippen molar-refractivity contribution in [1.82, 2.24) is 0 Å². The number of rotatable bonds is 3. The Bertz CT molecular complexity index is 390. The number of hydrogen-bond donors (Lipinski definition) is 1. The SMILES string of the molecule is CC(C)c1cc2c(o1)C(CC(=O)O)CCC2. The topological polar surface area (TPSA) is 50.4 Å². The molecule has 1 N–H and O–H groups in total. The third-order valence-electron chi connectivity index (χ3n) is 3.22. The highest BCUT2D eigenvalue weighted by Gasteiger charge is 2.27. The molecule has 16 heavy (non-hydrogen) atoms. The van der Waals surface area contributed by atoms with Crippen molar-refractivity contribution in [2.75, 3.05) is 0 Å². The van der Waals surface area contributed by atoms with E-state index in [9.17, 15) is 4.79 Å². The Morgan fingerprint density at radius 2 is 2.38 bits per heavy atom. The molecule has 3 heteroatoms. The van der Waals surface area contributed by atoms with E-state index in [0.29, 0.717) is 5.92 Å². The van der Waals surface area contributed by atoms with Crippen LogP contribution in [0.2, 0.25) is 0 Å². The van der Waals surface area contributed by atoms with E-state index in [1.165, 1.54) is 5.56 Å². The van der Waals surface area contributed by atoms with Crippen molar-refractivity contribution in [2.45, 2.75) is 51.4 Å². The van der Waals surface area contributed by atoms with Gasteiger partial charge in [0.15, 0.2) is 0 Å². The van der Waals surface area contributed by atoms with Crippen LogP contribution in [0.25, 0.3) is 0 Å². The highest BCUT2D eigenvalue weighted by molar-refractivity contribution is 5.68. The third-order valence-corrected chi connectivity index (χ3v) is 3.22. The molecule has 0 saturated heterocycles. The molecule has 1 heterocycles. The Morgan fingerprint density at radius 3 is 3.00 bits per heavy atom. The average Bonchev–Trinajstić information content (AvgIpc) is 2.61. The van der Waals surface area contributed by atoms with Crippen LogP contribution in [0.4, 0.5) is 0 Å². The number of fused-ring (bicyclic) bond motifs is 1. The van der Waals surface area contributed by atoms with Gasteiger partial charge in [0.25, 0.3) is 0 Å². The number of carboxylic acid groups (broad SMARTS) is 1. The van der Waals surface area contributed by atoms with Crippen molar-refractivity contribution in [1.29, 1.82) is 0 Å². The molecule has 0 radical (unpaired) electrons. The lowest BCUT2D eigenvalue weighted by Gasteiger charge is -2.18. The molecule has 0 spiro atoms. The second-order valence-corrected chi connectivity index (χ2v) is 4.88. The molecule has 1 aromatic heterocycles. The minimum atomic E-state index is -0.736. The zero-order chi connectivity index (χ0) is 11.7. The standard InChI is InChI=1S/C13H18O3/c1-8(2)11-6-9-4-3-5-10(7-12(14)15)13(9)16-11/h6,8,10H,3-5,7H2,1-2H3,(H,14,15). The van der Waals surface area contributed by atoms with Crippen LogP contribution < -0.4 is 0 Å². The van der Waals surface area contributed by atoms with E-state index in [4.69, 9.17) is 9.52 Å². The van der Waals surface area contributed by atoms with Crippen molar-refractivity contribution in [3.8, 4) is 0 Å². The fourth-order valence-corrected chi connectivity index (χ4v) is 2.37. The first kappa shape index (κ1) is 11.2. The summed E-state index contributed by atoms with van der Waals surface area (Å²) in [6.07, 6.45) is 3.23. The van der Waals surface area contributed by atoms with Crippen molar-refractivity contribution >= 4 is 5.97 Å². The quantitative estimate of drug-likeness (QED) is 0.853. The van der Waals surface area contributed by atoms with Crippen LogP contribution in [-0.4, -0.2) is 11.1 Å². The first-order chi connectivity index (χ1) is 7.58. The normalized spacial score (nSPS) is 19.8. The molecule has 0 saturated carbocycles. The fraction of sp³-hybridized carbons (Fsp3) is 0.615. The van der Waals surface area contributed by atoms with Crippen molar-refractivity contribution in [3.05, 3.63) is 23.2 Å². The largest absolute Gasteiger partial charge is 0.481 e. The summed E-state index contributed by atoms with van der Waals surface area (Å²) in [5, 5.41) is 8.87. The summed E-state index contributed by atoms with van der Waals surface area (Å²) < 4.78 is 5.82. The van der Waals surface area contributed by atoms with E-state index >= 15 is 0 Å². The molecule has 0 aromatic carbocycles. The van der Waals surface area contributed by atoms with E-state index in [2.05, 4.69) is 19.9 Å². The minimum Gasteiger partial charge on any atom is -0.481 e. The van der Waals surface area contributed by atoms with Gasteiger partial charge in [-0.25, -0.2) is 0 Å². The molecule has 0 aliphatic heterocycles. The molecular weight excluding hydrogens is 204 g/mol. The average molecular weight is 222 g/mol. The van der Waals surface area contributed by atoms with Crippen LogP contribution in [0, 0.1) is 0 Å². The lowest BCUT2D eigenvalue weighted by Crippen LogP contribution is -2.11. The molecule has 1 aliphatic rings. The highest BCUT2D eigenvalue weighted by atomic mass is 16.4. The third kappa shape index (κ3) is 2.13. The maximum atomic E-state index is 10.8. The van der Waals surface area contributed by atoms with Gasteiger partial charge in [0.2, 0.25) is 0 Å². The van der Waals surface area contributed by atoms with Crippen molar-refractivity contribution in [2.24, 2.45) is 0 Å². The van der Waals surface area contributed by atoms with E-state index in [1.807, 2.05) is 0 Å². The monoisotopic (exact) mass is 222 g/mol. The van der Waals surface area contributed by atoms with Gasteiger partial charge in [-0.15, -0.1) is 0 Å². The summed E-state index contributed by atoms with van der Waals surface area (Å²) in [5.41, 5.74) is 1.22. The molecule has 0 bridgehead atoms. The summed E-state index contributed by atoms with van der Waals surface area (Å²) in [6.45, 7) is 4.19. The molecule has 1 aromatic rings. The number of hydrogen-bond acceptors (Lipinski definition) is 2. The van der Waals surface area contributed by atoms with E-state index in [0.717, 1.165) is 30.8 Å². The van der Waals surface area contributed by atoms with Crippen LogP contribution in [-0.2, 0) is 11.2 Å². The van der Waals surface area contributed by atoms with Crippen LogP contribution in [0.3, 0.4) is 0 Å². The Labute approximate surface area is 95.5 Å². The highest BCUT2D eigenvalue weighted by Crippen LogP contribution is 2.37. The number of carbonyl (C=O) groups is 1. The molecule has 1 atom stereocenters. The van der Waals surface area contributed by atoms with Gasteiger partial charge in [-0.3, -0.25) is 4.79 Å². The van der Waals surface area contributed by atoms with E-state index < -0.39 is 5.97 Å². The number of furan rings is 1. The van der Waals surface area contributed by atoms with Gasteiger partial charge in [0, 0.05) is 11.8 Å². The Hall–Kier alpha value is -1.25. The maximum absolute atomic E-state index is 10.8. The smallest absolute Gasteiger partial charge is 0.304 e. The Balaban J connectivity index is 2.27. The summed E-state index contributed by atoms with van der Waals surface area (Å²) in [6, 6.07) is 2.11. The van der Waals surface area contributed by atoms with Gasteiger partial charge in [-0.05, 0) is 30.9 Å². The van der Waals surface area contributed by atoms with Crippen LogP contribution in [0.1, 0.15) is 62.0 Å². The van der Waals surface area contributed by atoms with Crippen LogP contribution in [0.5, 0.6) is 0 Å². The lowest BCUT2D eigenvalue weighted by atomic mass is 9.86. The van der Waals surface area contributed by atoms with E-state index in [-0.39, 0.29) is 12.3 Å². The van der Waals surface area contributed by atoms with Crippen molar-refractivity contribution in [3.63, 3.8) is 0 Å². The van der Waals surface area contributed by atoms with Gasteiger partial charge in [-0.1, -0.05) is 13.8 Å². The molecular formula is C13H18O3. The summed E-state index contributed by atoms with van der Waals surface area (Å²) in [7, 11) is 0. The Kier molecular flexibility index (Phi) is 3.03. The number of aliphatic carboxylic acids is 1. The zero-order valence-corrected chi connectivity index (χ0v) is 9.82. The van der Waals surface area contributed by atoms with Crippen LogP contribution in [0.15, 0.2) is 10.5 Å². The number of carboxylic acids is 1. The minimum absolute atomic E-state index is 0.0775. The second kappa shape index (κ2) is 4.32. The summed E-state index contributed by atoms with van der Waals surface area (Å²) in [5.74, 6) is 1.63. The maximum Gasteiger partial charge on any atom is 0.304 e. The zero-order valence-electron chi connectivity index (χ0n) is 9.82. The molecule has 1 unspecified atom stereocenters. The van der Waals surface area contributed by atoms with E-state index in [1.54, 1.807) is 0 Å². The first-order valence-corrected chi connectivity index (χ1v) is 5.92. The Morgan fingerprint density at radius 1 is 1.62 bits per heavy atom.